The van der Waals surface area contributed by atoms with Gasteiger partial charge in [0.25, 0.3) is 0 Å². The number of nitriles is 1. The van der Waals surface area contributed by atoms with Crippen LogP contribution < -0.4 is 9.47 Å². The summed E-state index contributed by atoms with van der Waals surface area (Å²) in [6.07, 6.45) is 1.28. The van der Waals surface area contributed by atoms with Crippen molar-refractivity contribution >= 4 is 12.0 Å². The Morgan fingerprint density at radius 1 is 1.50 bits per heavy atom. The molecule has 0 amide bonds. The molecular weight excluding hydrogens is 234 g/mol. The zero-order valence-corrected chi connectivity index (χ0v) is 10.1. The minimum absolute atomic E-state index is 0.331. The molecule has 0 saturated heterocycles. The van der Waals surface area contributed by atoms with E-state index in [9.17, 15) is 4.79 Å². The number of methoxy groups -OCH3 is 1. The van der Waals surface area contributed by atoms with Crippen LogP contribution in [0.15, 0.2) is 23.8 Å². The van der Waals surface area contributed by atoms with Crippen molar-refractivity contribution in [1.82, 2.24) is 0 Å². The molecule has 0 heterocycles. The molecule has 1 aromatic carbocycles. The van der Waals surface area contributed by atoms with Crippen LogP contribution >= 0.6 is 0 Å². The lowest BCUT2D eigenvalue weighted by atomic mass is 10.1. The third-order valence-corrected chi connectivity index (χ3v) is 2.15. The minimum atomic E-state index is -1.26. The number of carbonyl (C=O) groups is 1. The Kier molecular flexibility index (Phi) is 4.76. The molecule has 5 heteroatoms. The summed E-state index contributed by atoms with van der Waals surface area (Å²) < 4.78 is 10.5. The standard InChI is InChI=1S/C13H13NO4/c1-3-18-12-7-9(4-5-11(12)17-2)6-10(8-14)13(15)16/h4-7H,3H2,1-2H3,(H,15,16)/b10-6-. The Bertz CT molecular complexity index is 514. The van der Waals surface area contributed by atoms with Crippen LogP contribution in [0.4, 0.5) is 0 Å². The molecule has 5 nitrogen and oxygen atoms in total. The second kappa shape index (κ2) is 6.30. The summed E-state index contributed by atoms with van der Waals surface area (Å²) in [7, 11) is 1.52. The number of ether oxygens (including phenoxy) is 2. The van der Waals surface area contributed by atoms with E-state index in [0.717, 1.165) is 0 Å². The van der Waals surface area contributed by atoms with Crippen LogP contribution in [0.2, 0.25) is 0 Å². The predicted molar refractivity (Wildman–Crippen MR) is 65.4 cm³/mol. The summed E-state index contributed by atoms with van der Waals surface area (Å²) in [5.41, 5.74) is 0.237. The molecule has 0 fully saturated rings. The van der Waals surface area contributed by atoms with Crippen LogP contribution in [-0.2, 0) is 4.79 Å². The van der Waals surface area contributed by atoms with E-state index in [-0.39, 0.29) is 5.57 Å². The molecule has 0 radical (unpaired) electrons. The van der Waals surface area contributed by atoms with Crippen molar-refractivity contribution in [2.45, 2.75) is 6.92 Å². The molecule has 0 aliphatic rings. The number of carboxylic acids is 1. The molecule has 0 unspecified atom stereocenters. The number of rotatable bonds is 5. The lowest BCUT2D eigenvalue weighted by Gasteiger charge is -2.09. The Balaban J connectivity index is 3.16. The Hall–Kier alpha value is -2.48. The highest BCUT2D eigenvalue weighted by atomic mass is 16.5. The monoisotopic (exact) mass is 247 g/mol. The highest BCUT2D eigenvalue weighted by molar-refractivity contribution is 5.96. The molecule has 0 aliphatic carbocycles. The van der Waals surface area contributed by atoms with E-state index in [2.05, 4.69) is 0 Å². The fraction of sp³-hybridized carbons (Fsp3) is 0.231. The largest absolute Gasteiger partial charge is 0.493 e. The van der Waals surface area contributed by atoms with Crippen LogP contribution in [0.25, 0.3) is 6.08 Å². The fourth-order valence-electron chi connectivity index (χ4n) is 1.36. The normalized spacial score (nSPS) is 10.6. The van der Waals surface area contributed by atoms with E-state index in [1.165, 1.54) is 13.2 Å². The van der Waals surface area contributed by atoms with Crippen molar-refractivity contribution in [1.29, 1.82) is 5.26 Å². The van der Waals surface area contributed by atoms with Crippen molar-refractivity contribution in [3.05, 3.63) is 29.3 Å². The van der Waals surface area contributed by atoms with Crippen LogP contribution in [-0.4, -0.2) is 24.8 Å². The first-order chi connectivity index (χ1) is 8.62. The van der Waals surface area contributed by atoms with Gasteiger partial charge in [0, 0.05) is 0 Å². The van der Waals surface area contributed by atoms with E-state index in [0.29, 0.717) is 23.7 Å². The first-order valence-corrected chi connectivity index (χ1v) is 5.28. The zero-order chi connectivity index (χ0) is 13.5. The summed E-state index contributed by atoms with van der Waals surface area (Å²) in [4.78, 5) is 10.7. The first-order valence-electron chi connectivity index (χ1n) is 5.28. The summed E-state index contributed by atoms with van der Waals surface area (Å²) in [5, 5.41) is 17.4. The summed E-state index contributed by atoms with van der Waals surface area (Å²) in [5.74, 6) is -0.189. The van der Waals surface area contributed by atoms with Gasteiger partial charge >= 0.3 is 5.97 Å². The Morgan fingerprint density at radius 3 is 2.72 bits per heavy atom. The fourth-order valence-corrected chi connectivity index (χ4v) is 1.36. The lowest BCUT2D eigenvalue weighted by molar-refractivity contribution is -0.132. The molecule has 0 atom stereocenters. The second-order valence-electron chi connectivity index (χ2n) is 3.32. The predicted octanol–water partition coefficient (Wildman–Crippen LogP) is 2.09. The number of nitrogens with zero attached hydrogens (tertiary/aromatic N) is 1. The number of carboxylic acid groups (broad SMARTS) is 1. The maximum absolute atomic E-state index is 10.7. The third kappa shape index (κ3) is 3.25. The second-order valence-corrected chi connectivity index (χ2v) is 3.32. The number of aliphatic carboxylic acids is 1. The molecular formula is C13H13NO4. The van der Waals surface area contributed by atoms with E-state index in [1.54, 1.807) is 24.3 Å². The highest BCUT2D eigenvalue weighted by Gasteiger charge is 2.08. The molecule has 0 spiro atoms. The van der Waals surface area contributed by atoms with Gasteiger partial charge < -0.3 is 14.6 Å². The van der Waals surface area contributed by atoms with Crippen LogP contribution in [0.1, 0.15) is 12.5 Å². The molecule has 1 N–H and O–H groups in total. The van der Waals surface area contributed by atoms with Gasteiger partial charge in [-0.25, -0.2) is 4.79 Å². The van der Waals surface area contributed by atoms with Gasteiger partial charge in [0.2, 0.25) is 0 Å². The van der Waals surface area contributed by atoms with Gasteiger partial charge in [0.1, 0.15) is 11.6 Å². The smallest absolute Gasteiger partial charge is 0.346 e. The molecule has 0 saturated carbocycles. The van der Waals surface area contributed by atoms with E-state index in [4.69, 9.17) is 19.8 Å². The molecule has 0 bridgehead atoms. The molecule has 1 aromatic rings. The van der Waals surface area contributed by atoms with Crippen molar-refractivity contribution in [2.24, 2.45) is 0 Å². The van der Waals surface area contributed by atoms with Gasteiger partial charge in [0.05, 0.1) is 13.7 Å². The van der Waals surface area contributed by atoms with Crippen LogP contribution in [0.5, 0.6) is 11.5 Å². The van der Waals surface area contributed by atoms with E-state index >= 15 is 0 Å². The number of benzene rings is 1. The maximum Gasteiger partial charge on any atom is 0.346 e. The van der Waals surface area contributed by atoms with Gasteiger partial charge in [-0.3, -0.25) is 0 Å². The van der Waals surface area contributed by atoms with E-state index < -0.39 is 5.97 Å². The molecule has 1 rings (SSSR count). The van der Waals surface area contributed by atoms with Crippen molar-refractivity contribution in [3.63, 3.8) is 0 Å². The van der Waals surface area contributed by atoms with Gasteiger partial charge in [-0.1, -0.05) is 6.07 Å². The topological polar surface area (TPSA) is 79.5 Å². The molecule has 18 heavy (non-hydrogen) atoms. The quantitative estimate of drug-likeness (QED) is 0.636. The van der Waals surface area contributed by atoms with Crippen LogP contribution in [0, 0.1) is 11.3 Å². The van der Waals surface area contributed by atoms with Crippen molar-refractivity contribution < 1.29 is 19.4 Å². The molecule has 0 aliphatic heterocycles. The average molecular weight is 247 g/mol. The van der Waals surface area contributed by atoms with E-state index in [1.807, 2.05) is 6.92 Å². The van der Waals surface area contributed by atoms with Crippen LogP contribution in [0.3, 0.4) is 0 Å². The Morgan fingerprint density at radius 2 is 2.22 bits per heavy atom. The molecule has 94 valence electrons. The summed E-state index contributed by atoms with van der Waals surface area (Å²) in [6.45, 7) is 2.30. The SMILES string of the molecule is CCOc1cc(/C=C(/C#N)C(=O)O)ccc1OC. The van der Waals surface area contributed by atoms with Crippen molar-refractivity contribution in [3.8, 4) is 17.6 Å². The zero-order valence-electron chi connectivity index (χ0n) is 10.1. The number of hydrogen-bond acceptors (Lipinski definition) is 4. The summed E-state index contributed by atoms with van der Waals surface area (Å²) in [6, 6.07) is 6.56. The third-order valence-electron chi connectivity index (χ3n) is 2.15. The molecule has 0 aromatic heterocycles. The Labute approximate surface area is 105 Å². The summed E-state index contributed by atoms with van der Waals surface area (Å²) >= 11 is 0. The van der Waals surface area contributed by atoms with Gasteiger partial charge in [-0.2, -0.15) is 5.26 Å². The van der Waals surface area contributed by atoms with Gasteiger partial charge in [-0.15, -0.1) is 0 Å². The van der Waals surface area contributed by atoms with Crippen molar-refractivity contribution in [2.75, 3.05) is 13.7 Å². The van der Waals surface area contributed by atoms with Gasteiger partial charge in [-0.05, 0) is 30.7 Å². The average Bonchev–Trinajstić information content (AvgIpc) is 2.36. The first kappa shape index (κ1) is 13.6. The minimum Gasteiger partial charge on any atom is -0.493 e. The highest BCUT2D eigenvalue weighted by Crippen LogP contribution is 2.28. The number of hydrogen-bond donors (Lipinski definition) is 1. The lowest BCUT2D eigenvalue weighted by Crippen LogP contribution is -1.98. The van der Waals surface area contributed by atoms with Gasteiger partial charge in [0.15, 0.2) is 11.5 Å². The maximum atomic E-state index is 10.7.